The molecule has 41 heavy (non-hydrogen) atoms. The number of nitrogens with zero attached hydrogens (tertiary/aromatic N) is 1. The summed E-state index contributed by atoms with van der Waals surface area (Å²) in [7, 11) is 0. The lowest BCUT2D eigenvalue weighted by Gasteiger charge is -2.21. The first-order chi connectivity index (χ1) is 20.3. The van der Waals surface area contributed by atoms with Crippen molar-refractivity contribution in [2.45, 2.75) is 168 Å². The summed E-state index contributed by atoms with van der Waals surface area (Å²) in [6, 6.07) is 0. The van der Waals surface area contributed by atoms with E-state index in [-0.39, 0.29) is 11.8 Å². The summed E-state index contributed by atoms with van der Waals surface area (Å²) in [5.41, 5.74) is 0. The van der Waals surface area contributed by atoms with Gasteiger partial charge in [0.1, 0.15) is 5.88 Å². The number of alkyl halides is 1. The standard InChI is InChI=1S/C38H68ClNO/c1-3-5-7-9-11-13-15-17-19-21-23-25-27-29-31-33-35-40(38(41)37-39)36-34-32-30-28-26-24-22-20-18-16-14-12-10-8-6-4-2/h11-14,17-20H,3-10,15-16,21-37H2,1-2H3/b13-11-,14-12-,19-17-,20-18-. The molecular formula is C38H68ClNO. The van der Waals surface area contributed by atoms with Gasteiger partial charge in [0.05, 0.1) is 0 Å². The second kappa shape index (κ2) is 34.9. The number of rotatable bonds is 31. The number of unbranched alkanes of at least 4 members (excludes halogenated alkanes) is 18. The third kappa shape index (κ3) is 31.5. The number of hydrogen-bond acceptors (Lipinski definition) is 1. The third-order valence-corrected chi connectivity index (χ3v) is 7.95. The van der Waals surface area contributed by atoms with Gasteiger partial charge in [-0.2, -0.15) is 0 Å². The average Bonchev–Trinajstić information content (AvgIpc) is 2.99. The third-order valence-electron chi connectivity index (χ3n) is 7.72. The normalized spacial score (nSPS) is 12.2. The Morgan fingerprint density at radius 3 is 1.12 bits per heavy atom. The molecule has 0 heterocycles. The Bertz CT molecular complexity index is 603. The summed E-state index contributed by atoms with van der Waals surface area (Å²) in [5, 5.41) is 0. The van der Waals surface area contributed by atoms with Crippen LogP contribution in [0.5, 0.6) is 0 Å². The van der Waals surface area contributed by atoms with Crippen LogP contribution in [-0.2, 0) is 4.79 Å². The molecule has 0 saturated carbocycles. The Labute approximate surface area is 262 Å². The lowest BCUT2D eigenvalue weighted by atomic mass is 10.1. The maximum atomic E-state index is 12.3. The molecule has 2 nitrogen and oxygen atoms in total. The number of hydrogen-bond donors (Lipinski definition) is 0. The second-order valence-corrected chi connectivity index (χ2v) is 12.0. The van der Waals surface area contributed by atoms with Crippen molar-refractivity contribution in [1.82, 2.24) is 4.90 Å². The fraction of sp³-hybridized carbons (Fsp3) is 0.763. The largest absolute Gasteiger partial charge is 0.342 e. The van der Waals surface area contributed by atoms with Gasteiger partial charge in [0.15, 0.2) is 0 Å². The van der Waals surface area contributed by atoms with Crippen LogP contribution in [-0.4, -0.2) is 29.8 Å². The van der Waals surface area contributed by atoms with Gasteiger partial charge in [-0.15, -0.1) is 11.6 Å². The average molecular weight is 590 g/mol. The van der Waals surface area contributed by atoms with Crippen molar-refractivity contribution < 1.29 is 4.79 Å². The Morgan fingerprint density at radius 1 is 0.463 bits per heavy atom. The van der Waals surface area contributed by atoms with Crippen molar-refractivity contribution in [3.8, 4) is 0 Å². The van der Waals surface area contributed by atoms with E-state index in [4.69, 9.17) is 11.6 Å². The molecule has 0 spiro atoms. The number of carbonyl (C=O) groups is 1. The molecule has 0 aliphatic heterocycles. The highest BCUT2D eigenvalue weighted by atomic mass is 35.5. The van der Waals surface area contributed by atoms with Gasteiger partial charge in [0.25, 0.3) is 0 Å². The Kier molecular flexibility index (Phi) is 33.8. The molecule has 0 N–H and O–H groups in total. The molecule has 0 aromatic carbocycles. The van der Waals surface area contributed by atoms with E-state index >= 15 is 0 Å². The van der Waals surface area contributed by atoms with E-state index in [0.717, 1.165) is 38.8 Å². The highest BCUT2D eigenvalue weighted by Crippen LogP contribution is 2.12. The van der Waals surface area contributed by atoms with Gasteiger partial charge in [0.2, 0.25) is 5.91 Å². The van der Waals surface area contributed by atoms with Crippen LogP contribution in [0.2, 0.25) is 0 Å². The zero-order valence-corrected chi connectivity index (χ0v) is 28.2. The highest BCUT2D eigenvalue weighted by molar-refractivity contribution is 6.27. The molecule has 0 aromatic heterocycles. The minimum atomic E-state index is 0.108. The van der Waals surface area contributed by atoms with Crippen LogP contribution in [0.3, 0.4) is 0 Å². The monoisotopic (exact) mass is 589 g/mol. The Morgan fingerprint density at radius 2 is 0.780 bits per heavy atom. The molecule has 0 unspecified atom stereocenters. The van der Waals surface area contributed by atoms with Gasteiger partial charge in [-0.3, -0.25) is 4.79 Å². The van der Waals surface area contributed by atoms with E-state index in [1.807, 2.05) is 4.90 Å². The van der Waals surface area contributed by atoms with Gasteiger partial charge < -0.3 is 4.90 Å². The maximum absolute atomic E-state index is 12.3. The summed E-state index contributed by atoms with van der Waals surface area (Å²) in [6.45, 7) is 6.26. The van der Waals surface area contributed by atoms with Crippen LogP contribution >= 0.6 is 11.6 Å². The first-order valence-corrected chi connectivity index (χ1v) is 18.2. The molecule has 1 amide bonds. The van der Waals surface area contributed by atoms with Crippen LogP contribution in [0.4, 0.5) is 0 Å². The van der Waals surface area contributed by atoms with Crippen LogP contribution in [0.25, 0.3) is 0 Å². The summed E-state index contributed by atoms with van der Waals surface area (Å²) < 4.78 is 0. The molecule has 0 bridgehead atoms. The zero-order valence-electron chi connectivity index (χ0n) is 27.4. The summed E-state index contributed by atoms with van der Waals surface area (Å²) >= 11 is 5.89. The Hall–Kier alpha value is -1.28. The molecule has 0 fully saturated rings. The van der Waals surface area contributed by atoms with E-state index in [9.17, 15) is 4.79 Å². The number of allylic oxidation sites excluding steroid dienone is 8. The summed E-state index contributed by atoms with van der Waals surface area (Å²) in [5.74, 6) is 0.224. The fourth-order valence-corrected chi connectivity index (χ4v) is 5.20. The van der Waals surface area contributed by atoms with Gasteiger partial charge >= 0.3 is 0 Å². The van der Waals surface area contributed by atoms with Crippen LogP contribution in [0.1, 0.15) is 168 Å². The molecule has 0 saturated heterocycles. The molecular weight excluding hydrogens is 522 g/mol. The lowest BCUT2D eigenvalue weighted by Crippen LogP contribution is -2.33. The quantitative estimate of drug-likeness (QED) is 0.0447. The smallest absolute Gasteiger partial charge is 0.237 e. The van der Waals surface area contributed by atoms with Crippen LogP contribution in [0, 0.1) is 0 Å². The molecule has 0 atom stereocenters. The van der Waals surface area contributed by atoms with Crippen LogP contribution in [0.15, 0.2) is 48.6 Å². The SMILES string of the molecule is CCCCC/C=C\C/C=C\CCCCCCCCN(CCCCCCCC/C=C\C/C=C\CCCCC)C(=O)CCl. The Balaban J connectivity index is 3.64. The molecule has 0 rings (SSSR count). The maximum Gasteiger partial charge on any atom is 0.237 e. The van der Waals surface area contributed by atoms with Crippen LogP contribution < -0.4 is 0 Å². The van der Waals surface area contributed by atoms with Crippen molar-refractivity contribution in [1.29, 1.82) is 0 Å². The van der Waals surface area contributed by atoms with E-state index < -0.39 is 0 Å². The van der Waals surface area contributed by atoms with Gasteiger partial charge in [0, 0.05) is 13.1 Å². The number of amides is 1. The fourth-order valence-electron chi connectivity index (χ4n) is 5.03. The molecule has 238 valence electrons. The van der Waals surface area contributed by atoms with Crippen molar-refractivity contribution in [2.75, 3.05) is 19.0 Å². The predicted octanol–water partition coefficient (Wildman–Crippen LogP) is 12.7. The van der Waals surface area contributed by atoms with Crippen molar-refractivity contribution in [3.05, 3.63) is 48.6 Å². The molecule has 0 aliphatic rings. The summed E-state index contributed by atoms with van der Waals surface area (Å²) in [4.78, 5) is 14.3. The molecule has 0 radical (unpaired) electrons. The van der Waals surface area contributed by atoms with Crippen molar-refractivity contribution >= 4 is 17.5 Å². The first-order valence-electron chi connectivity index (χ1n) is 17.7. The summed E-state index contributed by atoms with van der Waals surface area (Å²) in [6.07, 6.45) is 48.6. The highest BCUT2D eigenvalue weighted by Gasteiger charge is 2.11. The van der Waals surface area contributed by atoms with E-state index in [1.54, 1.807) is 0 Å². The predicted molar refractivity (Wildman–Crippen MR) is 186 cm³/mol. The van der Waals surface area contributed by atoms with E-state index in [1.165, 1.54) is 128 Å². The molecule has 3 heteroatoms. The van der Waals surface area contributed by atoms with E-state index in [2.05, 4.69) is 62.5 Å². The van der Waals surface area contributed by atoms with Gasteiger partial charge in [-0.1, -0.05) is 140 Å². The van der Waals surface area contributed by atoms with Crippen molar-refractivity contribution in [2.24, 2.45) is 0 Å². The van der Waals surface area contributed by atoms with Crippen molar-refractivity contribution in [3.63, 3.8) is 0 Å². The minimum Gasteiger partial charge on any atom is -0.342 e. The first kappa shape index (κ1) is 39.7. The zero-order chi connectivity index (χ0) is 29.9. The molecule has 0 aromatic rings. The molecule has 0 aliphatic carbocycles. The topological polar surface area (TPSA) is 20.3 Å². The lowest BCUT2D eigenvalue weighted by molar-refractivity contribution is -0.128. The van der Waals surface area contributed by atoms with Gasteiger partial charge in [-0.25, -0.2) is 0 Å². The number of halogens is 1. The second-order valence-electron chi connectivity index (χ2n) is 11.7. The minimum absolute atomic E-state index is 0.108. The van der Waals surface area contributed by atoms with E-state index in [0.29, 0.717) is 0 Å². The van der Waals surface area contributed by atoms with Gasteiger partial charge in [-0.05, 0) is 77.0 Å². The number of carbonyl (C=O) groups excluding carboxylic acids is 1.